The van der Waals surface area contributed by atoms with E-state index in [0.717, 1.165) is 33.4 Å². The molecule has 0 radical (unpaired) electrons. The normalized spacial score (nSPS) is 43.6. The minimum atomic E-state index is -0.949. The van der Waals surface area contributed by atoms with E-state index < -0.39 is 22.7 Å². The Hall–Kier alpha value is -2.36. The van der Waals surface area contributed by atoms with Crippen molar-refractivity contribution in [3.05, 3.63) is 46.6 Å². The van der Waals surface area contributed by atoms with Gasteiger partial charge in [0, 0.05) is 41.9 Å². The van der Waals surface area contributed by atoms with E-state index in [0.29, 0.717) is 19.3 Å². The molecule has 34 heavy (non-hydrogen) atoms. The zero-order valence-electron chi connectivity index (χ0n) is 21.3. The van der Waals surface area contributed by atoms with Gasteiger partial charge in [0.2, 0.25) is 0 Å². The molecule has 3 saturated carbocycles. The van der Waals surface area contributed by atoms with Crippen molar-refractivity contribution in [2.24, 2.45) is 46.3 Å². The third-order valence-electron chi connectivity index (χ3n) is 10.5. The molecular weight excluding hydrogens is 424 g/mol. The number of fused-ring (bicyclic) bond motifs is 1. The second-order valence-electron chi connectivity index (χ2n) is 12.0. The lowest BCUT2D eigenvalue weighted by Gasteiger charge is -2.49. The van der Waals surface area contributed by atoms with Gasteiger partial charge in [0.05, 0.1) is 5.41 Å². The van der Waals surface area contributed by atoms with Gasteiger partial charge < -0.3 is 0 Å². The maximum atomic E-state index is 14.5. The van der Waals surface area contributed by atoms with Crippen LogP contribution in [-0.4, -0.2) is 23.1 Å². The molecule has 0 aromatic heterocycles. The fraction of sp³-hybridized carbons (Fsp3) is 0.600. The molecule has 5 aliphatic carbocycles. The monoisotopic (exact) mass is 460 g/mol. The number of ketones is 4. The molecular formula is C30H36O4. The van der Waals surface area contributed by atoms with Crippen molar-refractivity contribution in [1.82, 2.24) is 0 Å². The molecule has 5 aliphatic rings. The predicted octanol–water partition coefficient (Wildman–Crippen LogP) is 5.39. The van der Waals surface area contributed by atoms with Crippen LogP contribution in [0.25, 0.3) is 0 Å². The Morgan fingerprint density at radius 1 is 0.794 bits per heavy atom. The standard InChI is InChI=1S/C30H36O4/c1-13(2)19-11-21-17(7)25-28(34)30(21,16(6)10-24(19)32)27-26(33)18(8)22-12-20(14(3)4)23(31)9-15(5)29(22,25)27/h15-16,19-20,25,27H,1,3,9-12H2,2,4-8H3/t15-,16-,19?,20?,25-,27-,29?,30?/m1/s1. The predicted molar refractivity (Wildman–Crippen MR) is 131 cm³/mol. The first kappa shape index (κ1) is 23.4. The van der Waals surface area contributed by atoms with Gasteiger partial charge >= 0.3 is 0 Å². The topological polar surface area (TPSA) is 68.3 Å². The fourth-order valence-electron chi connectivity index (χ4n) is 9.08. The highest BCUT2D eigenvalue weighted by atomic mass is 16.1. The fourth-order valence-corrected chi connectivity index (χ4v) is 9.08. The molecule has 0 aliphatic heterocycles. The number of carbonyl (C=O) groups excluding carboxylic acids is 4. The van der Waals surface area contributed by atoms with Gasteiger partial charge in [0.15, 0.2) is 11.6 Å². The first-order valence-corrected chi connectivity index (χ1v) is 12.7. The molecule has 0 aromatic carbocycles. The molecule has 0 amide bonds. The van der Waals surface area contributed by atoms with Crippen molar-refractivity contribution < 1.29 is 19.2 Å². The van der Waals surface area contributed by atoms with Crippen molar-refractivity contribution >= 4 is 23.1 Å². The number of rotatable bonds is 2. The number of allylic oxidation sites excluding steroid dienone is 6. The average molecular weight is 461 g/mol. The quantitative estimate of drug-likeness (QED) is 0.519. The summed E-state index contributed by atoms with van der Waals surface area (Å²) in [7, 11) is 0. The van der Waals surface area contributed by atoms with Crippen molar-refractivity contribution in [1.29, 1.82) is 0 Å². The van der Waals surface area contributed by atoms with Crippen LogP contribution in [0.15, 0.2) is 46.6 Å². The Balaban J connectivity index is 1.80. The van der Waals surface area contributed by atoms with E-state index in [9.17, 15) is 19.2 Å². The number of hydrogen-bond acceptors (Lipinski definition) is 4. The lowest BCUT2D eigenvalue weighted by atomic mass is 9.51. The van der Waals surface area contributed by atoms with Gasteiger partial charge in [-0.25, -0.2) is 0 Å². The minimum Gasteiger partial charge on any atom is -0.299 e. The molecule has 4 unspecified atom stereocenters. The first-order valence-electron chi connectivity index (χ1n) is 12.7. The lowest BCUT2D eigenvalue weighted by Crippen LogP contribution is -2.49. The summed E-state index contributed by atoms with van der Waals surface area (Å²) in [5.74, 6) is -1.43. The van der Waals surface area contributed by atoms with Crippen LogP contribution < -0.4 is 0 Å². The van der Waals surface area contributed by atoms with Crippen LogP contribution in [0.2, 0.25) is 0 Å². The smallest absolute Gasteiger partial charge is 0.163 e. The second-order valence-corrected chi connectivity index (χ2v) is 12.0. The van der Waals surface area contributed by atoms with Gasteiger partial charge in [-0.3, -0.25) is 19.2 Å². The minimum absolute atomic E-state index is 0.0607. The van der Waals surface area contributed by atoms with Gasteiger partial charge in [-0.2, -0.15) is 0 Å². The second kappa shape index (κ2) is 7.08. The summed E-state index contributed by atoms with van der Waals surface area (Å²) in [5.41, 5.74) is 3.85. The molecule has 3 fully saturated rings. The van der Waals surface area contributed by atoms with Crippen LogP contribution >= 0.6 is 0 Å². The third-order valence-corrected chi connectivity index (χ3v) is 10.5. The zero-order valence-corrected chi connectivity index (χ0v) is 21.3. The van der Waals surface area contributed by atoms with E-state index in [2.05, 4.69) is 20.1 Å². The molecule has 0 aromatic rings. The van der Waals surface area contributed by atoms with Crippen molar-refractivity contribution in [3.63, 3.8) is 0 Å². The largest absolute Gasteiger partial charge is 0.299 e. The Bertz CT molecular complexity index is 1180. The number of carbonyl (C=O) groups is 4. The molecule has 8 atom stereocenters. The summed E-state index contributed by atoms with van der Waals surface area (Å²) >= 11 is 0. The maximum absolute atomic E-state index is 14.5. The van der Waals surface area contributed by atoms with Gasteiger partial charge in [-0.05, 0) is 57.9 Å². The first-order chi connectivity index (χ1) is 15.8. The molecule has 4 nitrogen and oxygen atoms in total. The molecule has 2 spiro atoms. The average Bonchev–Trinajstić information content (AvgIpc) is 3.11. The lowest BCUT2D eigenvalue weighted by molar-refractivity contribution is -0.134. The molecule has 5 rings (SSSR count). The van der Waals surface area contributed by atoms with Crippen LogP contribution in [0.4, 0.5) is 0 Å². The summed E-state index contributed by atoms with van der Waals surface area (Å²) in [4.78, 5) is 55.2. The van der Waals surface area contributed by atoms with E-state index in [1.807, 2.05) is 34.6 Å². The van der Waals surface area contributed by atoms with Crippen LogP contribution in [0.1, 0.15) is 67.2 Å². The Labute approximate surface area is 202 Å². The van der Waals surface area contributed by atoms with Crippen molar-refractivity contribution in [2.75, 3.05) is 0 Å². The molecule has 180 valence electrons. The molecule has 0 saturated heterocycles. The number of Topliss-reactive ketones (excluding diaryl/α,β-unsaturated/α-hetero) is 4. The summed E-state index contributed by atoms with van der Waals surface area (Å²) in [5, 5.41) is 0. The van der Waals surface area contributed by atoms with Gasteiger partial charge in [0.1, 0.15) is 11.6 Å². The van der Waals surface area contributed by atoms with E-state index in [1.165, 1.54) is 0 Å². The Morgan fingerprint density at radius 2 is 1.29 bits per heavy atom. The molecule has 4 heteroatoms. The van der Waals surface area contributed by atoms with E-state index in [1.54, 1.807) is 0 Å². The zero-order chi connectivity index (χ0) is 25.1. The Morgan fingerprint density at radius 3 is 1.82 bits per heavy atom. The summed E-state index contributed by atoms with van der Waals surface area (Å²) in [6, 6.07) is 0. The van der Waals surface area contributed by atoms with Crippen LogP contribution in [-0.2, 0) is 19.2 Å². The van der Waals surface area contributed by atoms with Gasteiger partial charge in [0.25, 0.3) is 0 Å². The third kappa shape index (κ3) is 2.35. The Kier molecular flexibility index (Phi) is 4.87. The summed E-state index contributed by atoms with van der Waals surface area (Å²) in [6.45, 7) is 20.0. The van der Waals surface area contributed by atoms with E-state index in [4.69, 9.17) is 0 Å². The summed E-state index contributed by atoms with van der Waals surface area (Å²) < 4.78 is 0. The molecule has 2 bridgehead atoms. The van der Waals surface area contributed by atoms with Gasteiger partial charge in [-0.1, -0.05) is 54.9 Å². The maximum Gasteiger partial charge on any atom is 0.163 e. The van der Waals surface area contributed by atoms with Crippen LogP contribution in [0, 0.1) is 46.3 Å². The highest BCUT2D eigenvalue weighted by Gasteiger charge is 2.80. The van der Waals surface area contributed by atoms with Crippen molar-refractivity contribution in [2.45, 2.75) is 67.2 Å². The number of hydrogen-bond donors (Lipinski definition) is 0. The van der Waals surface area contributed by atoms with Gasteiger partial charge in [-0.15, -0.1) is 0 Å². The SMILES string of the molecule is C=C(C)C1CC2=C(C)[C@@H]3C(=O)C2([C@H](C)CC1=O)[C@@H]1C(=O)C(C)=C2CC(C(=C)C)C(=O)C[C@@H](C)C231. The molecule has 0 N–H and O–H groups in total. The van der Waals surface area contributed by atoms with Crippen molar-refractivity contribution in [3.8, 4) is 0 Å². The molecule has 0 heterocycles. The van der Waals surface area contributed by atoms with E-state index in [-0.39, 0.29) is 53.2 Å². The van der Waals surface area contributed by atoms with Crippen LogP contribution in [0.3, 0.4) is 0 Å². The van der Waals surface area contributed by atoms with Crippen LogP contribution in [0.5, 0.6) is 0 Å². The highest BCUT2D eigenvalue weighted by Crippen LogP contribution is 2.78. The van der Waals surface area contributed by atoms with E-state index >= 15 is 0 Å². The highest BCUT2D eigenvalue weighted by molar-refractivity contribution is 6.14. The summed E-state index contributed by atoms with van der Waals surface area (Å²) in [6.07, 6.45) is 1.60.